The van der Waals surface area contributed by atoms with Crippen molar-refractivity contribution in [2.75, 3.05) is 6.54 Å². The molecule has 114 valence electrons. The normalized spacial score (nSPS) is 20.6. The van der Waals surface area contributed by atoms with Gasteiger partial charge < -0.3 is 14.7 Å². The molecule has 20 heavy (non-hydrogen) atoms. The van der Waals surface area contributed by atoms with Gasteiger partial charge in [0.2, 0.25) is 5.91 Å². The van der Waals surface area contributed by atoms with Crippen molar-refractivity contribution in [3.05, 3.63) is 0 Å². The fourth-order valence-corrected chi connectivity index (χ4v) is 2.28. The van der Waals surface area contributed by atoms with E-state index >= 15 is 0 Å². The number of esters is 1. The van der Waals surface area contributed by atoms with Crippen LogP contribution in [0.4, 0.5) is 0 Å². The summed E-state index contributed by atoms with van der Waals surface area (Å²) in [5.74, 6) is -2.35. The van der Waals surface area contributed by atoms with E-state index in [0.29, 0.717) is 13.0 Å². The highest BCUT2D eigenvalue weighted by Gasteiger charge is 2.38. The lowest BCUT2D eigenvalue weighted by atomic mass is 10.1. The van der Waals surface area contributed by atoms with Crippen LogP contribution in [0, 0.1) is 5.92 Å². The van der Waals surface area contributed by atoms with Crippen molar-refractivity contribution in [3.8, 4) is 0 Å². The lowest BCUT2D eigenvalue weighted by Gasteiger charge is -2.28. The van der Waals surface area contributed by atoms with E-state index in [2.05, 4.69) is 0 Å². The third-order valence-electron chi connectivity index (χ3n) is 3.12. The highest BCUT2D eigenvalue weighted by atomic mass is 16.6. The third kappa shape index (κ3) is 4.51. The van der Waals surface area contributed by atoms with Gasteiger partial charge in [-0.2, -0.15) is 0 Å². The molecule has 0 spiro atoms. The van der Waals surface area contributed by atoms with Crippen molar-refractivity contribution in [3.63, 3.8) is 0 Å². The molecule has 1 aliphatic rings. The number of ether oxygens (including phenoxy) is 1. The number of carbonyl (C=O) groups excluding carboxylic acids is 2. The molecule has 1 fully saturated rings. The van der Waals surface area contributed by atoms with E-state index in [1.807, 2.05) is 0 Å². The Kier molecular flexibility index (Phi) is 5.14. The minimum absolute atomic E-state index is 0.226. The predicted molar refractivity (Wildman–Crippen MR) is 72.0 cm³/mol. The smallest absolute Gasteiger partial charge is 0.329 e. The Hall–Kier alpha value is -1.59. The van der Waals surface area contributed by atoms with Gasteiger partial charge in [0.15, 0.2) is 0 Å². The molecule has 6 heteroatoms. The van der Waals surface area contributed by atoms with Gasteiger partial charge in [-0.3, -0.25) is 9.59 Å². The van der Waals surface area contributed by atoms with E-state index < -0.39 is 29.5 Å². The Morgan fingerprint density at radius 1 is 1.35 bits per heavy atom. The van der Waals surface area contributed by atoms with Crippen molar-refractivity contribution >= 4 is 17.8 Å². The number of hydrogen-bond donors (Lipinski definition) is 1. The monoisotopic (exact) mass is 285 g/mol. The molecule has 0 aromatic rings. The van der Waals surface area contributed by atoms with E-state index in [9.17, 15) is 14.4 Å². The van der Waals surface area contributed by atoms with Crippen molar-refractivity contribution in [2.45, 2.75) is 58.6 Å². The summed E-state index contributed by atoms with van der Waals surface area (Å²) in [4.78, 5) is 36.4. The van der Waals surface area contributed by atoms with E-state index in [4.69, 9.17) is 9.84 Å². The van der Waals surface area contributed by atoms with Gasteiger partial charge in [-0.25, -0.2) is 4.79 Å². The second-order valence-electron chi connectivity index (χ2n) is 6.22. The van der Waals surface area contributed by atoms with E-state index in [1.165, 1.54) is 4.90 Å². The highest BCUT2D eigenvalue weighted by molar-refractivity contribution is 5.88. The lowest BCUT2D eigenvalue weighted by Crippen LogP contribution is -2.45. The second-order valence-corrected chi connectivity index (χ2v) is 6.22. The summed E-state index contributed by atoms with van der Waals surface area (Å²) in [6.07, 6.45) is 1.08. The van der Waals surface area contributed by atoms with Crippen LogP contribution in [-0.2, 0) is 19.1 Å². The molecule has 0 aromatic heterocycles. The average molecular weight is 285 g/mol. The molecule has 6 nitrogen and oxygen atoms in total. The molecule has 1 N–H and O–H groups in total. The van der Waals surface area contributed by atoms with Gasteiger partial charge in [-0.1, -0.05) is 6.92 Å². The third-order valence-corrected chi connectivity index (χ3v) is 3.12. The molecule has 1 rings (SSSR count). The Morgan fingerprint density at radius 3 is 2.45 bits per heavy atom. The van der Waals surface area contributed by atoms with Gasteiger partial charge in [0.25, 0.3) is 0 Å². The minimum atomic E-state index is -1.01. The first-order chi connectivity index (χ1) is 9.11. The topological polar surface area (TPSA) is 83.9 Å². The first-order valence-corrected chi connectivity index (χ1v) is 6.87. The van der Waals surface area contributed by atoms with Crippen LogP contribution in [0.3, 0.4) is 0 Å². The zero-order valence-electron chi connectivity index (χ0n) is 12.5. The Labute approximate surface area is 119 Å². The van der Waals surface area contributed by atoms with Gasteiger partial charge in [-0.05, 0) is 33.6 Å². The number of nitrogens with zero attached hydrogens (tertiary/aromatic N) is 1. The van der Waals surface area contributed by atoms with Crippen molar-refractivity contribution in [2.24, 2.45) is 5.92 Å². The maximum Gasteiger partial charge on any atom is 0.329 e. The molecule has 0 aliphatic carbocycles. The van der Waals surface area contributed by atoms with E-state index in [0.717, 1.165) is 6.42 Å². The SMILES string of the molecule is C[C@@H](CC(=O)O)C(=O)N1CCC[C@H]1C(=O)OC(C)(C)C. The Balaban J connectivity index is 2.71. The molecule has 1 amide bonds. The molecule has 0 unspecified atom stereocenters. The van der Waals surface area contributed by atoms with Crippen LogP contribution < -0.4 is 0 Å². The highest BCUT2D eigenvalue weighted by Crippen LogP contribution is 2.23. The fraction of sp³-hybridized carbons (Fsp3) is 0.786. The maximum absolute atomic E-state index is 12.2. The maximum atomic E-state index is 12.2. The zero-order valence-corrected chi connectivity index (χ0v) is 12.5. The van der Waals surface area contributed by atoms with Gasteiger partial charge in [0.05, 0.1) is 6.42 Å². The molecule has 0 bridgehead atoms. The zero-order chi connectivity index (χ0) is 15.5. The molecule has 0 aromatic carbocycles. The van der Waals surface area contributed by atoms with Crippen LogP contribution in [0.25, 0.3) is 0 Å². The number of amides is 1. The van der Waals surface area contributed by atoms with Crippen LogP contribution in [0.1, 0.15) is 47.0 Å². The quantitative estimate of drug-likeness (QED) is 0.790. The Morgan fingerprint density at radius 2 is 1.95 bits per heavy atom. The van der Waals surface area contributed by atoms with Gasteiger partial charge >= 0.3 is 11.9 Å². The molecule has 1 aliphatic heterocycles. The molecule has 0 radical (unpaired) electrons. The van der Waals surface area contributed by atoms with E-state index in [1.54, 1.807) is 27.7 Å². The summed E-state index contributed by atoms with van der Waals surface area (Å²) in [5.41, 5.74) is -0.596. The van der Waals surface area contributed by atoms with Crippen LogP contribution in [-0.4, -0.2) is 46.0 Å². The number of carboxylic acids is 1. The summed E-state index contributed by atoms with van der Waals surface area (Å²) >= 11 is 0. The van der Waals surface area contributed by atoms with Crippen molar-refractivity contribution in [1.82, 2.24) is 4.90 Å². The van der Waals surface area contributed by atoms with Crippen molar-refractivity contribution in [1.29, 1.82) is 0 Å². The van der Waals surface area contributed by atoms with E-state index in [-0.39, 0.29) is 12.3 Å². The number of hydrogen-bond acceptors (Lipinski definition) is 4. The van der Waals surface area contributed by atoms with Gasteiger partial charge in [0.1, 0.15) is 11.6 Å². The summed E-state index contributed by atoms with van der Waals surface area (Å²) in [6.45, 7) is 7.38. The minimum Gasteiger partial charge on any atom is -0.481 e. The number of carboxylic acid groups (broad SMARTS) is 1. The second kappa shape index (κ2) is 6.24. The fourth-order valence-electron chi connectivity index (χ4n) is 2.28. The Bertz CT molecular complexity index is 399. The first-order valence-electron chi connectivity index (χ1n) is 6.87. The van der Waals surface area contributed by atoms with Crippen LogP contribution in [0.15, 0.2) is 0 Å². The summed E-state index contributed by atoms with van der Waals surface area (Å²) in [7, 11) is 0. The molecule has 2 atom stereocenters. The first kappa shape index (κ1) is 16.5. The summed E-state index contributed by atoms with van der Waals surface area (Å²) in [5, 5.41) is 8.74. The van der Waals surface area contributed by atoms with Crippen LogP contribution >= 0.6 is 0 Å². The average Bonchev–Trinajstić information content (AvgIpc) is 2.73. The number of likely N-dealkylation sites (tertiary alicyclic amines) is 1. The largest absolute Gasteiger partial charge is 0.481 e. The number of carbonyl (C=O) groups is 3. The van der Waals surface area contributed by atoms with Gasteiger partial charge in [0, 0.05) is 12.5 Å². The number of aliphatic carboxylic acids is 1. The molecule has 1 heterocycles. The molecular formula is C14H23NO5. The number of rotatable bonds is 4. The molecule has 1 saturated heterocycles. The molecular weight excluding hydrogens is 262 g/mol. The summed E-state index contributed by atoms with van der Waals surface area (Å²) in [6, 6.07) is -0.585. The lowest BCUT2D eigenvalue weighted by molar-refractivity contribution is -0.164. The van der Waals surface area contributed by atoms with Crippen LogP contribution in [0.2, 0.25) is 0 Å². The predicted octanol–water partition coefficient (Wildman–Crippen LogP) is 1.43. The molecule has 0 saturated carbocycles. The van der Waals surface area contributed by atoms with Crippen LogP contribution in [0.5, 0.6) is 0 Å². The standard InChI is InChI=1S/C14H23NO5/c1-9(8-11(16)17)12(18)15-7-5-6-10(15)13(19)20-14(2,3)4/h9-10H,5-8H2,1-4H3,(H,16,17)/t9-,10-/m0/s1. The van der Waals surface area contributed by atoms with Gasteiger partial charge in [-0.15, -0.1) is 0 Å². The van der Waals surface area contributed by atoms with Crippen molar-refractivity contribution < 1.29 is 24.2 Å². The summed E-state index contributed by atoms with van der Waals surface area (Å²) < 4.78 is 5.31.